The number of rotatable bonds is 1. The van der Waals surface area contributed by atoms with E-state index >= 15 is 0 Å². The molecule has 2 saturated carbocycles. The molecule has 0 unspecified atom stereocenters. The van der Waals surface area contributed by atoms with E-state index in [2.05, 4.69) is 0 Å². The van der Waals surface area contributed by atoms with Gasteiger partial charge in [0.2, 0.25) is 0 Å². The summed E-state index contributed by atoms with van der Waals surface area (Å²) in [5.41, 5.74) is -1.17. The van der Waals surface area contributed by atoms with Crippen molar-refractivity contribution >= 4 is 11.6 Å². The summed E-state index contributed by atoms with van der Waals surface area (Å²) in [5, 5.41) is 0. The lowest BCUT2D eigenvalue weighted by Gasteiger charge is -2.41. The summed E-state index contributed by atoms with van der Waals surface area (Å²) >= 11 is 0. The average molecular weight is 261 g/mol. The number of amides is 1. The number of carbonyl (C=O) groups excluding carboxylic acids is 1. The van der Waals surface area contributed by atoms with Crippen LogP contribution in [0.3, 0.4) is 0 Å². The van der Waals surface area contributed by atoms with E-state index < -0.39 is 5.67 Å². The monoisotopic (exact) mass is 261 g/mol. The van der Waals surface area contributed by atoms with Crippen molar-refractivity contribution in [3.05, 3.63) is 24.3 Å². The van der Waals surface area contributed by atoms with Gasteiger partial charge in [0.1, 0.15) is 11.4 Å². The fourth-order valence-electron chi connectivity index (χ4n) is 2.93. The Morgan fingerprint density at radius 2 is 1.95 bits per heavy atom. The number of carbonyl (C=O) groups is 1. The molecule has 0 radical (unpaired) electrons. The average Bonchev–Trinajstić information content (AvgIpc) is 3.13. The zero-order valence-corrected chi connectivity index (χ0v) is 10.7. The van der Waals surface area contributed by atoms with Crippen LogP contribution in [0.2, 0.25) is 0 Å². The molecule has 1 amide bonds. The van der Waals surface area contributed by atoms with E-state index in [-0.39, 0.29) is 11.5 Å². The summed E-state index contributed by atoms with van der Waals surface area (Å²) < 4.78 is 20.4. The van der Waals surface area contributed by atoms with E-state index in [0.717, 1.165) is 19.3 Å². The number of hydrogen-bond acceptors (Lipinski definition) is 2. The maximum absolute atomic E-state index is 14.4. The lowest BCUT2D eigenvalue weighted by atomic mass is 9.80. The number of benzene rings is 1. The van der Waals surface area contributed by atoms with Gasteiger partial charge in [0.25, 0.3) is 5.91 Å². The fourth-order valence-corrected chi connectivity index (χ4v) is 2.93. The zero-order valence-electron chi connectivity index (χ0n) is 10.7. The topological polar surface area (TPSA) is 29.5 Å². The third kappa shape index (κ3) is 1.58. The number of para-hydroxylation sites is 2. The number of fused-ring (bicyclic) bond motifs is 1. The summed E-state index contributed by atoms with van der Waals surface area (Å²) in [4.78, 5) is 14.1. The van der Waals surface area contributed by atoms with Crippen molar-refractivity contribution in [2.24, 2.45) is 0 Å². The van der Waals surface area contributed by atoms with Crippen molar-refractivity contribution in [2.75, 3.05) is 11.4 Å². The number of ether oxygens (including phenoxy) is 1. The highest BCUT2D eigenvalue weighted by molar-refractivity contribution is 6.01. The summed E-state index contributed by atoms with van der Waals surface area (Å²) in [6.07, 6.45) is 3.42. The maximum atomic E-state index is 14.4. The van der Waals surface area contributed by atoms with Gasteiger partial charge in [-0.15, -0.1) is 0 Å². The second kappa shape index (κ2) is 3.50. The second-order valence-corrected chi connectivity index (χ2v) is 5.96. The number of nitrogens with zero attached hydrogens (tertiary/aromatic N) is 1. The van der Waals surface area contributed by atoms with Gasteiger partial charge in [-0.3, -0.25) is 4.79 Å². The molecule has 1 heterocycles. The Balaban J connectivity index is 1.73. The predicted molar refractivity (Wildman–Crippen MR) is 69.1 cm³/mol. The van der Waals surface area contributed by atoms with Gasteiger partial charge >= 0.3 is 0 Å². The van der Waals surface area contributed by atoms with Crippen LogP contribution in [0.15, 0.2) is 24.3 Å². The molecule has 0 aromatic heterocycles. The minimum absolute atomic E-state index is 0.246. The van der Waals surface area contributed by atoms with Crippen LogP contribution in [-0.4, -0.2) is 23.7 Å². The second-order valence-electron chi connectivity index (χ2n) is 5.96. The van der Waals surface area contributed by atoms with Crippen molar-refractivity contribution in [1.29, 1.82) is 0 Å². The van der Waals surface area contributed by atoms with Crippen LogP contribution in [0.25, 0.3) is 0 Å². The largest absolute Gasteiger partial charge is 0.483 e. The fraction of sp³-hybridized carbons (Fsp3) is 0.533. The molecule has 0 bridgehead atoms. The lowest BCUT2D eigenvalue weighted by molar-refractivity contribution is -0.136. The minimum Gasteiger partial charge on any atom is -0.483 e. The molecule has 4 heteroatoms. The van der Waals surface area contributed by atoms with Crippen molar-refractivity contribution < 1.29 is 13.9 Å². The van der Waals surface area contributed by atoms with E-state index in [1.165, 1.54) is 0 Å². The maximum Gasteiger partial charge on any atom is 0.264 e. The molecule has 100 valence electrons. The Kier molecular flexibility index (Phi) is 2.07. The third-order valence-corrected chi connectivity index (χ3v) is 4.51. The SMILES string of the molecule is O=C(N1CC2(CC2)Oc2ccccc21)C1(F)CCC1. The van der Waals surface area contributed by atoms with Crippen molar-refractivity contribution in [1.82, 2.24) is 0 Å². The predicted octanol–water partition coefficient (Wildman–Crippen LogP) is 2.84. The third-order valence-electron chi connectivity index (χ3n) is 4.51. The Bertz CT molecular complexity index is 549. The number of alkyl halides is 1. The molecule has 4 rings (SSSR count). The van der Waals surface area contributed by atoms with Gasteiger partial charge in [0.05, 0.1) is 12.2 Å². The molecular weight excluding hydrogens is 245 g/mol. The van der Waals surface area contributed by atoms with E-state index in [4.69, 9.17) is 4.74 Å². The van der Waals surface area contributed by atoms with Crippen molar-refractivity contribution in [3.63, 3.8) is 0 Å². The molecule has 2 fully saturated rings. The van der Waals surface area contributed by atoms with Crippen molar-refractivity contribution in [3.8, 4) is 5.75 Å². The molecule has 3 aliphatic rings. The first-order chi connectivity index (χ1) is 9.12. The summed E-state index contributed by atoms with van der Waals surface area (Å²) in [5.74, 6) is 0.336. The number of hydrogen-bond donors (Lipinski definition) is 0. The first-order valence-electron chi connectivity index (χ1n) is 6.91. The Morgan fingerprint density at radius 1 is 1.21 bits per heavy atom. The van der Waals surface area contributed by atoms with Crippen LogP contribution in [0, 0.1) is 0 Å². The van der Waals surface area contributed by atoms with Gasteiger partial charge in [0.15, 0.2) is 5.67 Å². The normalized spacial score (nSPS) is 25.2. The molecule has 1 aromatic carbocycles. The first-order valence-corrected chi connectivity index (χ1v) is 6.91. The van der Waals surface area contributed by atoms with Crippen LogP contribution in [0.1, 0.15) is 32.1 Å². The Labute approximate surface area is 111 Å². The standard InChI is InChI=1S/C15H16FNO2/c16-15(6-3-7-15)13(18)17-10-14(8-9-14)19-12-5-2-1-4-11(12)17/h1-2,4-5H,3,6-10H2. The van der Waals surface area contributed by atoms with Gasteiger partial charge in [-0.25, -0.2) is 4.39 Å². The lowest BCUT2D eigenvalue weighted by Crippen LogP contribution is -2.55. The molecule has 0 atom stereocenters. The molecule has 0 N–H and O–H groups in total. The Hall–Kier alpha value is -1.58. The Morgan fingerprint density at radius 3 is 2.58 bits per heavy atom. The molecule has 1 spiro atoms. The van der Waals surface area contributed by atoms with Gasteiger partial charge in [-0.05, 0) is 44.2 Å². The molecular formula is C15H16FNO2. The molecule has 1 aromatic rings. The van der Waals surface area contributed by atoms with E-state index in [1.807, 2.05) is 24.3 Å². The van der Waals surface area contributed by atoms with Crippen LogP contribution in [0.4, 0.5) is 10.1 Å². The van der Waals surface area contributed by atoms with Crippen molar-refractivity contribution in [2.45, 2.75) is 43.4 Å². The number of anilines is 1. The molecule has 0 saturated heterocycles. The molecule has 2 aliphatic carbocycles. The summed E-state index contributed by atoms with van der Waals surface area (Å²) in [6.45, 7) is 0.495. The smallest absolute Gasteiger partial charge is 0.264 e. The first kappa shape index (κ1) is 11.3. The van der Waals surface area contributed by atoms with Gasteiger partial charge in [-0.1, -0.05) is 12.1 Å². The molecule has 1 aliphatic heterocycles. The zero-order chi connectivity index (χ0) is 13.1. The van der Waals surface area contributed by atoms with E-state index in [0.29, 0.717) is 30.8 Å². The van der Waals surface area contributed by atoms with E-state index in [1.54, 1.807) is 4.90 Å². The molecule has 19 heavy (non-hydrogen) atoms. The molecule has 3 nitrogen and oxygen atoms in total. The van der Waals surface area contributed by atoms with Gasteiger partial charge in [-0.2, -0.15) is 0 Å². The summed E-state index contributed by atoms with van der Waals surface area (Å²) in [7, 11) is 0. The minimum atomic E-state index is -1.64. The van der Waals surface area contributed by atoms with Crippen LogP contribution >= 0.6 is 0 Å². The van der Waals surface area contributed by atoms with E-state index in [9.17, 15) is 9.18 Å². The van der Waals surface area contributed by atoms with Crippen LogP contribution < -0.4 is 9.64 Å². The highest BCUT2D eigenvalue weighted by Gasteiger charge is 2.55. The van der Waals surface area contributed by atoms with Gasteiger partial charge in [0, 0.05) is 0 Å². The number of halogens is 1. The summed E-state index contributed by atoms with van der Waals surface area (Å²) in [6, 6.07) is 7.45. The van der Waals surface area contributed by atoms with Gasteiger partial charge < -0.3 is 9.64 Å². The quantitative estimate of drug-likeness (QED) is 0.778. The highest BCUT2D eigenvalue weighted by atomic mass is 19.1. The van der Waals surface area contributed by atoms with Crippen LogP contribution in [0.5, 0.6) is 5.75 Å². The van der Waals surface area contributed by atoms with Crippen LogP contribution in [-0.2, 0) is 4.79 Å². The highest BCUT2D eigenvalue weighted by Crippen LogP contribution is 2.50.